The van der Waals surface area contributed by atoms with Crippen LogP contribution in [0.5, 0.6) is 0 Å². The van der Waals surface area contributed by atoms with Gasteiger partial charge in [-0.05, 0) is 19.8 Å². The van der Waals surface area contributed by atoms with Crippen LogP contribution in [0, 0.1) is 0 Å². The van der Waals surface area contributed by atoms with E-state index >= 15 is 0 Å². The van der Waals surface area contributed by atoms with Crippen LogP contribution < -0.4 is 0 Å². The van der Waals surface area contributed by atoms with E-state index < -0.39 is 0 Å². The van der Waals surface area contributed by atoms with Crippen molar-refractivity contribution in [1.82, 2.24) is 0 Å². The maximum atomic E-state index is 5.12. The van der Waals surface area contributed by atoms with E-state index in [4.69, 9.17) is 12.2 Å². The van der Waals surface area contributed by atoms with Gasteiger partial charge in [-0.15, -0.1) is 11.8 Å². The van der Waals surface area contributed by atoms with Crippen LogP contribution in [0.15, 0.2) is 0 Å². The highest BCUT2D eigenvalue weighted by Gasteiger charge is 2.22. The molecule has 0 aliphatic carbocycles. The molecule has 2 heteroatoms. The average Bonchev–Trinajstić information content (AvgIpc) is 2.00. The van der Waals surface area contributed by atoms with Gasteiger partial charge in [0.1, 0.15) is 0 Å². The number of hydrogen-bond donors (Lipinski definition) is 0. The van der Waals surface area contributed by atoms with Crippen LogP contribution in [-0.2, 0) is 0 Å². The number of thiocarbonyl (C=S) groups is 1. The third-order valence-electron chi connectivity index (χ3n) is 2.20. The predicted octanol–water partition coefficient (Wildman–Crippen LogP) is 4.43. The van der Waals surface area contributed by atoms with Crippen molar-refractivity contribution in [1.29, 1.82) is 0 Å². The lowest BCUT2D eigenvalue weighted by atomic mass is 10.0. The molecule has 0 aromatic heterocycles. The van der Waals surface area contributed by atoms with Crippen LogP contribution in [0.1, 0.15) is 53.4 Å². The van der Waals surface area contributed by atoms with Gasteiger partial charge in [-0.3, -0.25) is 0 Å². The fraction of sp³-hybridized carbons (Fsp3) is 0.900. The summed E-state index contributed by atoms with van der Waals surface area (Å²) in [5.74, 6) is 0. The van der Waals surface area contributed by atoms with Gasteiger partial charge in [0.05, 0.1) is 0 Å². The van der Waals surface area contributed by atoms with Gasteiger partial charge in [0, 0.05) is 8.94 Å². The molecule has 0 saturated carbocycles. The zero-order chi connectivity index (χ0) is 9.61. The molecule has 0 saturated heterocycles. The van der Waals surface area contributed by atoms with Gasteiger partial charge in [0.25, 0.3) is 0 Å². The third kappa shape index (κ3) is 5.15. The van der Waals surface area contributed by atoms with E-state index in [0.29, 0.717) is 4.75 Å². The molecule has 1 unspecified atom stereocenters. The summed E-state index contributed by atoms with van der Waals surface area (Å²) in [6.45, 7) is 8.84. The first-order chi connectivity index (χ1) is 5.54. The van der Waals surface area contributed by atoms with Crippen molar-refractivity contribution < 1.29 is 0 Å². The molecule has 0 aliphatic rings. The van der Waals surface area contributed by atoms with Crippen LogP contribution >= 0.6 is 24.0 Å². The predicted molar refractivity (Wildman–Crippen MR) is 64.1 cm³/mol. The minimum Gasteiger partial charge on any atom is -0.113 e. The lowest BCUT2D eigenvalue weighted by Crippen LogP contribution is -2.19. The van der Waals surface area contributed by atoms with Crippen LogP contribution in [-0.4, -0.2) is 8.94 Å². The molecule has 0 heterocycles. The zero-order valence-corrected chi connectivity index (χ0v) is 10.3. The minimum absolute atomic E-state index is 0.391. The number of unbranched alkanes of at least 4 members (excludes halogenated alkanes) is 1. The fourth-order valence-electron chi connectivity index (χ4n) is 1.20. The van der Waals surface area contributed by atoms with Crippen LogP contribution in [0.3, 0.4) is 0 Å². The number of thioether (sulfide) groups is 1. The molecule has 0 N–H and O–H groups in total. The maximum absolute atomic E-state index is 5.12. The molecule has 0 aromatic rings. The van der Waals surface area contributed by atoms with E-state index in [9.17, 15) is 0 Å². The average molecular weight is 204 g/mol. The highest BCUT2D eigenvalue weighted by molar-refractivity contribution is 8.23. The summed E-state index contributed by atoms with van der Waals surface area (Å²) in [7, 11) is 0. The Kier molecular flexibility index (Phi) is 6.20. The Hall–Kier alpha value is 0.440. The van der Waals surface area contributed by atoms with E-state index in [1.807, 2.05) is 18.7 Å². The molecule has 0 rings (SSSR count). The van der Waals surface area contributed by atoms with E-state index in [1.54, 1.807) is 0 Å². The Morgan fingerprint density at radius 2 is 2.00 bits per heavy atom. The molecule has 0 bridgehead atoms. The first-order valence-electron chi connectivity index (χ1n) is 4.73. The number of rotatable bonds is 5. The van der Waals surface area contributed by atoms with Crippen molar-refractivity contribution in [2.45, 2.75) is 58.1 Å². The second kappa shape index (κ2) is 5.98. The Labute approximate surface area is 86.5 Å². The smallest absolute Gasteiger partial charge is 0.0452 e. The molecule has 0 amide bonds. The first-order valence-corrected chi connectivity index (χ1v) is 5.96. The summed E-state index contributed by atoms with van der Waals surface area (Å²) < 4.78 is 1.47. The third-order valence-corrected chi connectivity index (χ3v) is 3.72. The highest BCUT2D eigenvalue weighted by atomic mass is 32.2. The van der Waals surface area contributed by atoms with Crippen molar-refractivity contribution in [3.8, 4) is 0 Å². The van der Waals surface area contributed by atoms with E-state index in [0.717, 1.165) is 4.20 Å². The summed E-state index contributed by atoms with van der Waals surface area (Å²) >= 11 is 7.00. The minimum atomic E-state index is 0.391. The molecular weight excluding hydrogens is 184 g/mol. The maximum Gasteiger partial charge on any atom is 0.0452 e. The molecule has 0 spiro atoms. The van der Waals surface area contributed by atoms with E-state index in [1.165, 1.54) is 25.7 Å². The summed E-state index contributed by atoms with van der Waals surface area (Å²) in [6, 6.07) is 0. The topological polar surface area (TPSA) is 0 Å². The summed E-state index contributed by atoms with van der Waals surface area (Å²) in [6.07, 6.45) is 5.11. The molecule has 72 valence electrons. The molecular formula is C10H20S2. The fourth-order valence-corrected chi connectivity index (χ4v) is 2.89. The van der Waals surface area contributed by atoms with Gasteiger partial charge in [-0.2, -0.15) is 0 Å². The molecule has 0 aliphatic heterocycles. The highest BCUT2D eigenvalue weighted by Crippen LogP contribution is 2.34. The summed E-state index contributed by atoms with van der Waals surface area (Å²) in [5.41, 5.74) is 0. The van der Waals surface area contributed by atoms with E-state index in [-0.39, 0.29) is 0 Å². The summed E-state index contributed by atoms with van der Waals surface area (Å²) in [4.78, 5) is 0. The Morgan fingerprint density at radius 1 is 1.42 bits per heavy atom. The Morgan fingerprint density at radius 3 is 2.33 bits per heavy atom. The van der Waals surface area contributed by atoms with Crippen LogP contribution in [0.25, 0.3) is 0 Å². The van der Waals surface area contributed by atoms with Gasteiger partial charge >= 0.3 is 0 Å². The monoisotopic (exact) mass is 204 g/mol. The van der Waals surface area contributed by atoms with Crippen molar-refractivity contribution in [2.75, 3.05) is 0 Å². The van der Waals surface area contributed by atoms with Crippen molar-refractivity contribution in [3.05, 3.63) is 0 Å². The second-order valence-electron chi connectivity index (χ2n) is 3.50. The molecule has 1 atom stereocenters. The molecule has 0 radical (unpaired) electrons. The Bertz CT molecular complexity index is 143. The van der Waals surface area contributed by atoms with Gasteiger partial charge in [0.15, 0.2) is 0 Å². The molecule has 0 aromatic carbocycles. The van der Waals surface area contributed by atoms with Crippen molar-refractivity contribution in [2.24, 2.45) is 0 Å². The Balaban J connectivity index is 3.95. The quantitative estimate of drug-likeness (QED) is 0.608. The second-order valence-corrected chi connectivity index (χ2v) is 6.17. The number of hydrogen-bond acceptors (Lipinski definition) is 2. The normalized spacial score (nSPS) is 15.7. The standard InChI is InChI=1S/C10H20S2/c1-5-7-8-10(4,6-2)12-9(3)11/h5-8H2,1-4H3. The molecule has 12 heavy (non-hydrogen) atoms. The molecule has 0 nitrogen and oxygen atoms in total. The molecule has 0 fully saturated rings. The van der Waals surface area contributed by atoms with Crippen LogP contribution in [0.2, 0.25) is 0 Å². The lowest BCUT2D eigenvalue weighted by Gasteiger charge is -2.26. The first kappa shape index (κ1) is 12.4. The lowest BCUT2D eigenvalue weighted by molar-refractivity contribution is 0.541. The van der Waals surface area contributed by atoms with Crippen LogP contribution in [0.4, 0.5) is 0 Å². The van der Waals surface area contributed by atoms with Crippen molar-refractivity contribution in [3.63, 3.8) is 0 Å². The zero-order valence-electron chi connectivity index (χ0n) is 8.64. The van der Waals surface area contributed by atoms with Gasteiger partial charge in [-0.25, -0.2) is 0 Å². The van der Waals surface area contributed by atoms with Gasteiger partial charge in [-0.1, -0.05) is 45.8 Å². The SMILES string of the molecule is CCCCC(C)(CC)SC(C)=S. The summed E-state index contributed by atoms with van der Waals surface area (Å²) in [5, 5.41) is 0. The van der Waals surface area contributed by atoms with Crippen molar-refractivity contribution >= 4 is 28.2 Å². The van der Waals surface area contributed by atoms with E-state index in [2.05, 4.69) is 20.8 Å². The van der Waals surface area contributed by atoms with Gasteiger partial charge in [0.2, 0.25) is 0 Å². The van der Waals surface area contributed by atoms with Gasteiger partial charge < -0.3 is 0 Å². The largest absolute Gasteiger partial charge is 0.113 e.